The molecular formula is C16H24N2O3. The zero-order valence-corrected chi connectivity index (χ0v) is 12.6. The molecule has 1 unspecified atom stereocenters. The highest BCUT2D eigenvalue weighted by Crippen LogP contribution is 2.16. The summed E-state index contributed by atoms with van der Waals surface area (Å²) >= 11 is 0. The standard InChI is InChI=1S/C16H24N2O3/c1-20-14-3-5-15(6-4-14)21-11-10-18-16(19)7-2-13-8-9-17-12-13/h3-6,13,17H,2,7-12H2,1H3,(H,18,19). The molecule has 116 valence electrons. The van der Waals surface area contributed by atoms with Crippen LogP contribution in [0.15, 0.2) is 24.3 Å². The fraction of sp³-hybridized carbons (Fsp3) is 0.562. The van der Waals surface area contributed by atoms with E-state index < -0.39 is 0 Å². The van der Waals surface area contributed by atoms with Gasteiger partial charge in [-0.2, -0.15) is 0 Å². The number of benzene rings is 1. The van der Waals surface area contributed by atoms with Crippen LogP contribution in [0, 0.1) is 5.92 Å². The number of hydrogen-bond donors (Lipinski definition) is 2. The average molecular weight is 292 g/mol. The van der Waals surface area contributed by atoms with Crippen LogP contribution in [0.4, 0.5) is 0 Å². The molecule has 1 aliphatic heterocycles. The zero-order chi connectivity index (χ0) is 14.9. The van der Waals surface area contributed by atoms with Crippen molar-refractivity contribution in [3.8, 4) is 11.5 Å². The van der Waals surface area contributed by atoms with Gasteiger partial charge in [0.15, 0.2) is 0 Å². The number of methoxy groups -OCH3 is 1. The van der Waals surface area contributed by atoms with E-state index in [0.29, 0.717) is 25.5 Å². The quantitative estimate of drug-likeness (QED) is 0.714. The van der Waals surface area contributed by atoms with Crippen LogP contribution in [-0.4, -0.2) is 39.3 Å². The van der Waals surface area contributed by atoms with Gasteiger partial charge in [0.25, 0.3) is 0 Å². The molecule has 0 saturated carbocycles. The number of carbonyl (C=O) groups is 1. The summed E-state index contributed by atoms with van der Waals surface area (Å²) in [6.07, 6.45) is 2.76. The molecule has 5 nitrogen and oxygen atoms in total. The van der Waals surface area contributed by atoms with E-state index in [2.05, 4.69) is 10.6 Å². The number of nitrogens with one attached hydrogen (secondary N) is 2. The van der Waals surface area contributed by atoms with Gasteiger partial charge in [0, 0.05) is 6.42 Å². The normalized spacial score (nSPS) is 17.5. The van der Waals surface area contributed by atoms with Gasteiger partial charge in [0.2, 0.25) is 5.91 Å². The van der Waals surface area contributed by atoms with Gasteiger partial charge in [-0.05, 0) is 56.1 Å². The first-order valence-corrected chi connectivity index (χ1v) is 7.52. The summed E-state index contributed by atoms with van der Waals surface area (Å²) in [7, 11) is 1.63. The average Bonchev–Trinajstić information content (AvgIpc) is 3.03. The summed E-state index contributed by atoms with van der Waals surface area (Å²) in [5, 5.41) is 6.20. The molecule has 2 rings (SSSR count). The van der Waals surface area contributed by atoms with Crippen LogP contribution in [0.1, 0.15) is 19.3 Å². The third kappa shape index (κ3) is 5.63. The molecule has 1 amide bonds. The molecule has 0 bridgehead atoms. The van der Waals surface area contributed by atoms with Crippen LogP contribution >= 0.6 is 0 Å². The second-order valence-electron chi connectivity index (χ2n) is 5.27. The number of ether oxygens (including phenoxy) is 2. The highest BCUT2D eigenvalue weighted by molar-refractivity contribution is 5.75. The monoisotopic (exact) mass is 292 g/mol. The molecule has 21 heavy (non-hydrogen) atoms. The van der Waals surface area contributed by atoms with Crippen molar-refractivity contribution in [3.63, 3.8) is 0 Å². The lowest BCUT2D eigenvalue weighted by atomic mass is 10.0. The molecule has 2 N–H and O–H groups in total. The van der Waals surface area contributed by atoms with E-state index in [1.165, 1.54) is 6.42 Å². The molecule has 1 fully saturated rings. The lowest BCUT2D eigenvalue weighted by Gasteiger charge is -2.10. The summed E-state index contributed by atoms with van der Waals surface area (Å²) in [5.74, 6) is 2.35. The lowest BCUT2D eigenvalue weighted by Crippen LogP contribution is -2.28. The Kier molecular flexibility index (Phi) is 6.34. The van der Waals surface area contributed by atoms with Crippen molar-refractivity contribution in [1.82, 2.24) is 10.6 Å². The van der Waals surface area contributed by atoms with Gasteiger partial charge in [0.05, 0.1) is 13.7 Å². The maximum absolute atomic E-state index is 11.7. The summed E-state index contributed by atoms with van der Waals surface area (Å²) in [4.78, 5) is 11.7. The van der Waals surface area contributed by atoms with E-state index in [1.807, 2.05) is 24.3 Å². The molecule has 1 saturated heterocycles. The van der Waals surface area contributed by atoms with Gasteiger partial charge in [0.1, 0.15) is 18.1 Å². The van der Waals surface area contributed by atoms with E-state index in [4.69, 9.17) is 9.47 Å². The molecule has 1 heterocycles. The van der Waals surface area contributed by atoms with Gasteiger partial charge in [-0.15, -0.1) is 0 Å². The Morgan fingerprint density at radius 1 is 1.33 bits per heavy atom. The van der Waals surface area contributed by atoms with Crippen molar-refractivity contribution in [2.45, 2.75) is 19.3 Å². The highest BCUT2D eigenvalue weighted by atomic mass is 16.5. The molecule has 1 aromatic carbocycles. The number of amides is 1. The summed E-state index contributed by atoms with van der Waals surface area (Å²) in [6, 6.07) is 7.41. The summed E-state index contributed by atoms with van der Waals surface area (Å²) < 4.78 is 10.6. The third-order valence-corrected chi connectivity index (χ3v) is 3.69. The summed E-state index contributed by atoms with van der Waals surface area (Å²) in [5.41, 5.74) is 0. The molecule has 5 heteroatoms. The van der Waals surface area contributed by atoms with Crippen molar-refractivity contribution in [2.24, 2.45) is 5.92 Å². The molecule has 0 spiro atoms. The fourth-order valence-electron chi connectivity index (χ4n) is 2.42. The van der Waals surface area contributed by atoms with Crippen molar-refractivity contribution in [1.29, 1.82) is 0 Å². The maximum Gasteiger partial charge on any atom is 0.220 e. The maximum atomic E-state index is 11.7. The smallest absolute Gasteiger partial charge is 0.220 e. The van der Waals surface area contributed by atoms with Gasteiger partial charge >= 0.3 is 0 Å². The highest BCUT2D eigenvalue weighted by Gasteiger charge is 2.15. The van der Waals surface area contributed by atoms with Crippen molar-refractivity contribution < 1.29 is 14.3 Å². The molecular weight excluding hydrogens is 268 g/mol. The number of hydrogen-bond acceptors (Lipinski definition) is 4. The topological polar surface area (TPSA) is 59.6 Å². The van der Waals surface area contributed by atoms with Gasteiger partial charge in [-0.3, -0.25) is 4.79 Å². The van der Waals surface area contributed by atoms with Crippen LogP contribution in [0.5, 0.6) is 11.5 Å². The first-order chi connectivity index (χ1) is 10.3. The van der Waals surface area contributed by atoms with Crippen LogP contribution in [0.2, 0.25) is 0 Å². The van der Waals surface area contributed by atoms with E-state index >= 15 is 0 Å². The fourth-order valence-corrected chi connectivity index (χ4v) is 2.42. The summed E-state index contributed by atoms with van der Waals surface area (Å²) in [6.45, 7) is 3.15. The molecule has 0 radical (unpaired) electrons. The first-order valence-electron chi connectivity index (χ1n) is 7.52. The van der Waals surface area contributed by atoms with Gasteiger partial charge in [-0.25, -0.2) is 0 Å². The van der Waals surface area contributed by atoms with Crippen LogP contribution in [0.3, 0.4) is 0 Å². The van der Waals surface area contributed by atoms with Gasteiger partial charge < -0.3 is 20.1 Å². The molecule has 0 aromatic heterocycles. The Balaban J connectivity index is 1.54. The minimum Gasteiger partial charge on any atom is -0.497 e. The predicted octanol–water partition coefficient (Wildman–Crippen LogP) is 1.58. The second kappa shape index (κ2) is 8.52. The second-order valence-corrected chi connectivity index (χ2v) is 5.27. The Labute approximate surface area is 126 Å². The molecule has 1 atom stereocenters. The van der Waals surface area contributed by atoms with E-state index in [1.54, 1.807) is 7.11 Å². The minimum atomic E-state index is 0.111. The van der Waals surface area contributed by atoms with E-state index in [0.717, 1.165) is 31.0 Å². The third-order valence-electron chi connectivity index (χ3n) is 3.69. The van der Waals surface area contributed by atoms with Crippen molar-refractivity contribution >= 4 is 5.91 Å². The van der Waals surface area contributed by atoms with Crippen molar-refractivity contribution in [2.75, 3.05) is 33.4 Å². The number of rotatable bonds is 8. The molecule has 1 aliphatic rings. The minimum absolute atomic E-state index is 0.111. The first kappa shape index (κ1) is 15.6. The Morgan fingerprint density at radius 2 is 2.10 bits per heavy atom. The van der Waals surface area contributed by atoms with Crippen LogP contribution in [0.25, 0.3) is 0 Å². The number of carbonyl (C=O) groups excluding carboxylic acids is 1. The van der Waals surface area contributed by atoms with E-state index in [-0.39, 0.29) is 5.91 Å². The van der Waals surface area contributed by atoms with Crippen LogP contribution in [-0.2, 0) is 4.79 Å². The van der Waals surface area contributed by atoms with Crippen molar-refractivity contribution in [3.05, 3.63) is 24.3 Å². The Hall–Kier alpha value is -1.75. The zero-order valence-electron chi connectivity index (χ0n) is 12.6. The SMILES string of the molecule is COc1ccc(OCCNC(=O)CCC2CCNC2)cc1. The largest absolute Gasteiger partial charge is 0.497 e. The molecule has 0 aliphatic carbocycles. The Morgan fingerprint density at radius 3 is 2.76 bits per heavy atom. The lowest BCUT2D eigenvalue weighted by molar-refractivity contribution is -0.121. The Bertz CT molecular complexity index is 428. The van der Waals surface area contributed by atoms with Crippen LogP contribution < -0.4 is 20.1 Å². The van der Waals surface area contributed by atoms with E-state index in [9.17, 15) is 4.79 Å². The molecule has 1 aromatic rings. The van der Waals surface area contributed by atoms with Gasteiger partial charge in [-0.1, -0.05) is 0 Å². The predicted molar refractivity (Wildman–Crippen MR) is 81.7 cm³/mol.